The van der Waals surface area contributed by atoms with Gasteiger partial charge in [-0.2, -0.15) is 0 Å². The number of benzene rings is 2. The molecule has 0 spiro atoms. The van der Waals surface area contributed by atoms with Crippen LogP contribution in [0.25, 0.3) is 10.9 Å². The number of rotatable bonds is 9. The van der Waals surface area contributed by atoms with Crippen molar-refractivity contribution in [1.29, 1.82) is 0 Å². The molecule has 0 saturated carbocycles. The molecule has 4 rings (SSSR count). The standard InChI is InChI=1S/C27H33N3O3S/c1-3-21-8-6-7-16-30(21)26(31)19-34-25-18-29(24-10-5-4-9-23(24)25)17-15-28-27(32)20-11-13-22(33-2)14-12-20/h4-5,9-14,18,21H,3,6-8,15-17,19H2,1-2H3,(H,28,32). The van der Waals surface area contributed by atoms with Gasteiger partial charge in [-0.25, -0.2) is 0 Å². The van der Waals surface area contributed by atoms with E-state index in [2.05, 4.69) is 40.0 Å². The lowest BCUT2D eigenvalue weighted by molar-refractivity contribution is -0.132. The molecule has 1 aromatic heterocycles. The average Bonchev–Trinajstić information content (AvgIpc) is 3.24. The van der Waals surface area contributed by atoms with Crippen molar-refractivity contribution in [2.75, 3.05) is 26.0 Å². The van der Waals surface area contributed by atoms with Crippen LogP contribution in [0.1, 0.15) is 43.0 Å². The Hall–Kier alpha value is -2.93. The second-order valence-corrected chi connectivity index (χ2v) is 9.64. The molecule has 1 saturated heterocycles. The summed E-state index contributed by atoms with van der Waals surface area (Å²) >= 11 is 1.61. The molecule has 2 heterocycles. The highest BCUT2D eigenvalue weighted by Crippen LogP contribution is 2.31. The molecule has 2 amide bonds. The molecule has 34 heavy (non-hydrogen) atoms. The molecule has 1 aliphatic heterocycles. The summed E-state index contributed by atoms with van der Waals surface area (Å²) in [5.74, 6) is 1.31. The summed E-state index contributed by atoms with van der Waals surface area (Å²) in [5.41, 5.74) is 1.72. The van der Waals surface area contributed by atoms with E-state index < -0.39 is 0 Å². The monoisotopic (exact) mass is 479 g/mol. The summed E-state index contributed by atoms with van der Waals surface area (Å²) in [6, 6.07) is 15.7. The highest BCUT2D eigenvalue weighted by Gasteiger charge is 2.25. The Bertz CT molecular complexity index is 1130. The summed E-state index contributed by atoms with van der Waals surface area (Å²) in [4.78, 5) is 28.6. The van der Waals surface area contributed by atoms with Crippen LogP contribution in [0.5, 0.6) is 5.75 Å². The van der Waals surface area contributed by atoms with Gasteiger partial charge in [-0.1, -0.05) is 25.1 Å². The fraction of sp³-hybridized carbons (Fsp3) is 0.407. The van der Waals surface area contributed by atoms with Crippen LogP contribution in [0.4, 0.5) is 0 Å². The first kappa shape index (κ1) is 24.2. The number of para-hydroxylation sites is 1. The Kier molecular flexibility index (Phi) is 8.16. The summed E-state index contributed by atoms with van der Waals surface area (Å²) in [5, 5.41) is 4.14. The van der Waals surface area contributed by atoms with E-state index in [1.807, 2.05) is 12.1 Å². The second kappa shape index (κ2) is 11.5. The van der Waals surface area contributed by atoms with Gasteiger partial charge in [0.25, 0.3) is 5.91 Å². The third-order valence-corrected chi connectivity index (χ3v) is 7.54. The fourth-order valence-electron chi connectivity index (χ4n) is 4.62. The van der Waals surface area contributed by atoms with Gasteiger partial charge in [0.15, 0.2) is 0 Å². The van der Waals surface area contributed by atoms with Crippen molar-refractivity contribution in [3.63, 3.8) is 0 Å². The number of aromatic nitrogens is 1. The van der Waals surface area contributed by atoms with Crippen LogP contribution in [0.2, 0.25) is 0 Å². The van der Waals surface area contributed by atoms with Gasteiger partial charge in [-0.3, -0.25) is 9.59 Å². The predicted molar refractivity (Wildman–Crippen MR) is 138 cm³/mol. The van der Waals surface area contributed by atoms with Crippen LogP contribution in [0.3, 0.4) is 0 Å². The number of thioether (sulfide) groups is 1. The van der Waals surface area contributed by atoms with Gasteiger partial charge in [0.1, 0.15) is 5.75 Å². The molecule has 6 nitrogen and oxygen atoms in total. The number of carbonyl (C=O) groups excluding carboxylic acids is 2. The van der Waals surface area contributed by atoms with Crippen molar-refractivity contribution in [1.82, 2.24) is 14.8 Å². The molecule has 1 fully saturated rings. The van der Waals surface area contributed by atoms with E-state index in [-0.39, 0.29) is 11.8 Å². The van der Waals surface area contributed by atoms with Gasteiger partial charge in [0.05, 0.1) is 12.9 Å². The molecule has 7 heteroatoms. The molecule has 1 atom stereocenters. The third kappa shape index (κ3) is 5.58. The van der Waals surface area contributed by atoms with Gasteiger partial charge >= 0.3 is 0 Å². The zero-order valence-corrected chi connectivity index (χ0v) is 20.8. The van der Waals surface area contributed by atoms with Crippen LogP contribution in [0.15, 0.2) is 59.6 Å². The van der Waals surface area contributed by atoms with Crippen LogP contribution < -0.4 is 10.1 Å². The molecule has 0 bridgehead atoms. The van der Waals surface area contributed by atoms with Crippen molar-refractivity contribution in [2.24, 2.45) is 0 Å². The highest BCUT2D eigenvalue weighted by molar-refractivity contribution is 8.00. The van der Waals surface area contributed by atoms with Gasteiger partial charge < -0.3 is 19.5 Å². The fourth-order valence-corrected chi connectivity index (χ4v) is 5.60. The number of fused-ring (bicyclic) bond motifs is 1. The van der Waals surface area contributed by atoms with Gasteiger partial charge in [0.2, 0.25) is 5.91 Å². The molecular formula is C27H33N3O3S. The van der Waals surface area contributed by atoms with Gasteiger partial charge in [-0.15, -0.1) is 11.8 Å². The lowest BCUT2D eigenvalue weighted by Crippen LogP contribution is -2.44. The van der Waals surface area contributed by atoms with Crippen LogP contribution in [-0.2, 0) is 11.3 Å². The quantitative estimate of drug-likeness (QED) is 0.441. The lowest BCUT2D eigenvalue weighted by Gasteiger charge is -2.35. The topological polar surface area (TPSA) is 63.6 Å². The lowest BCUT2D eigenvalue weighted by atomic mass is 10.0. The van der Waals surface area contributed by atoms with E-state index in [9.17, 15) is 9.59 Å². The Morgan fingerprint density at radius 1 is 1.12 bits per heavy atom. The SMILES string of the molecule is CCC1CCCCN1C(=O)CSc1cn(CCNC(=O)c2ccc(OC)cc2)c2ccccc12. The van der Waals surface area contributed by atoms with E-state index in [0.29, 0.717) is 30.4 Å². The zero-order valence-electron chi connectivity index (χ0n) is 20.0. The van der Waals surface area contributed by atoms with Crippen molar-refractivity contribution in [3.05, 3.63) is 60.3 Å². The van der Waals surface area contributed by atoms with E-state index >= 15 is 0 Å². The smallest absolute Gasteiger partial charge is 0.251 e. The Labute approximate surface area is 205 Å². The van der Waals surface area contributed by atoms with E-state index in [1.54, 1.807) is 43.1 Å². The van der Waals surface area contributed by atoms with Crippen LogP contribution in [-0.4, -0.2) is 53.3 Å². The molecule has 0 radical (unpaired) electrons. The summed E-state index contributed by atoms with van der Waals surface area (Å²) < 4.78 is 7.31. The summed E-state index contributed by atoms with van der Waals surface area (Å²) in [7, 11) is 1.61. The minimum atomic E-state index is -0.105. The number of hydrogen-bond donors (Lipinski definition) is 1. The van der Waals surface area contributed by atoms with E-state index in [1.165, 1.54) is 6.42 Å². The largest absolute Gasteiger partial charge is 0.497 e. The minimum absolute atomic E-state index is 0.105. The number of nitrogens with one attached hydrogen (secondary N) is 1. The third-order valence-electron chi connectivity index (χ3n) is 6.51. The molecule has 3 aromatic rings. The van der Waals surface area contributed by atoms with Crippen molar-refractivity contribution >= 4 is 34.5 Å². The normalized spacial score (nSPS) is 15.9. The van der Waals surface area contributed by atoms with Crippen molar-refractivity contribution in [2.45, 2.75) is 50.1 Å². The van der Waals surface area contributed by atoms with Crippen LogP contribution >= 0.6 is 11.8 Å². The Balaban J connectivity index is 1.38. The summed E-state index contributed by atoms with van der Waals surface area (Å²) in [6.45, 7) is 4.22. The number of amides is 2. The van der Waals surface area contributed by atoms with Gasteiger partial charge in [-0.05, 0) is 56.0 Å². The van der Waals surface area contributed by atoms with Crippen LogP contribution in [0, 0.1) is 0 Å². The number of likely N-dealkylation sites (tertiary alicyclic amines) is 1. The summed E-state index contributed by atoms with van der Waals surface area (Å²) in [6.07, 6.45) is 6.58. The average molecular weight is 480 g/mol. The molecule has 1 aliphatic rings. The zero-order chi connectivity index (χ0) is 23.9. The first-order valence-corrected chi connectivity index (χ1v) is 13.0. The molecule has 1 N–H and O–H groups in total. The number of ether oxygens (including phenoxy) is 1. The number of piperidine rings is 1. The number of hydrogen-bond acceptors (Lipinski definition) is 4. The molecular weight excluding hydrogens is 446 g/mol. The van der Waals surface area contributed by atoms with E-state index in [0.717, 1.165) is 47.4 Å². The number of nitrogens with zero attached hydrogens (tertiary/aromatic N) is 2. The Morgan fingerprint density at radius 3 is 2.68 bits per heavy atom. The Morgan fingerprint density at radius 2 is 1.91 bits per heavy atom. The highest BCUT2D eigenvalue weighted by atomic mass is 32.2. The minimum Gasteiger partial charge on any atom is -0.497 e. The predicted octanol–water partition coefficient (Wildman–Crippen LogP) is 4.96. The van der Waals surface area contributed by atoms with Gasteiger partial charge in [0, 0.05) is 53.2 Å². The second-order valence-electron chi connectivity index (χ2n) is 8.62. The molecule has 2 aromatic carbocycles. The molecule has 0 aliphatic carbocycles. The molecule has 180 valence electrons. The van der Waals surface area contributed by atoms with E-state index in [4.69, 9.17) is 4.74 Å². The number of methoxy groups -OCH3 is 1. The van der Waals surface area contributed by atoms with Crippen molar-refractivity contribution < 1.29 is 14.3 Å². The maximum atomic E-state index is 12.9. The maximum absolute atomic E-state index is 12.9. The first-order chi connectivity index (χ1) is 16.6. The maximum Gasteiger partial charge on any atom is 0.251 e. The number of carbonyl (C=O) groups is 2. The first-order valence-electron chi connectivity index (χ1n) is 12.0. The molecule has 1 unspecified atom stereocenters. The van der Waals surface area contributed by atoms with Crippen molar-refractivity contribution in [3.8, 4) is 5.75 Å².